The maximum atomic E-state index is 13.2. The summed E-state index contributed by atoms with van der Waals surface area (Å²) < 4.78 is 3.30. The molecule has 1 saturated heterocycles. The number of rotatable bonds is 5. The van der Waals surface area contributed by atoms with Gasteiger partial charge in [0.2, 0.25) is 5.91 Å². The summed E-state index contributed by atoms with van der Waals surface area (Å²) in [6.45, 7) is 9.17. The Morgan fingerprint density at radius 2 is 1.97 bits per heavy atom. The average Bonchev–Trinajstić information content (AvgIpc) is 3.12. The summed E-state index contributed by atoms with van der Waals surface area (Å²) in [6, 6.07) is 7.22. The van der Waals surface area contributed by atoms with Crippen molar-refractivity contribution in [2.45, 2.75) is 19.9 Å². The number of carbonyl (C=O) groups is 1. The lowest BCUT2D eigenvalue weighted by Gasteiger charge is -2.32. The van der Waals surface area contributed by atoms with Gasteiger partial charge in [0.1, 0.15) is 6.04 Å². The molecule has 1 fully saturated rings. The lowest BCUT2D eigenvalue weighted by atomic mass is 10.2. The number of likely N-dealkylation sites (N-methyl/N-ethyl adjacent to an activating group) is 1. The SMILES string of the molecule is Cc1nn(C(C)C(=O)NCCN2CCN(C)CC2)c(=O)c2c1sc1ccccc12. The van der Waals surface area contributed by atoms with Crippen LogP contribution in [0.15, 0.2) is 29.1 Å². The van der Waals surface area contributed by atoms with Crippen molar-refractivity contribution < 1.29 is 4.79 Å². The van der Waals surface area contributed by atoms with Crippen LogP contribution in [0.25, 0.3) is 20.2 Å². The maximum absolute atomic E-state index is 13.2. The molecule has 3 heterocycles. The summed E-state index contributed by atoms with van der Waals surface area (Å²) in [5.74, 6) is -0.174. The number of nitrogens with one attached hydrogen (secondary N) is 1. The predicted octanol–water partition coefficient (Wildman–Crippen LogP) is 1.84. The van der Waals surface area contributed by atoms with Crippen LogP contribution in [0.4, 0.5) is 0 Å². The van der Waals surface area contributed by atoms with Crippen LogP contribution >= 0.6 is 11.3 Å². The van der Waals surface area contributed by atoms with E-state index in [0.29, 0.717) is 11.9 Å². The number of piperazine rings is 1. The van der Waals surface area contributed by atoms with Crippen molar-refractivity contribution in [2.75, 3.05) is 46.3 Å². The van der Waals surface area contributed by atoms with E-state index in [2.05, 4.69) is 27.3 Å². The van der Waals surface area contributed by atoms with Crippen LogP contribution in [0.3, 0.4) is 0 Å². The number of aryl methyl sites for hydroxylation is 1. The van der Waals surface area contributed by atoms with Gasteiger partial charge in [-0.1, -0.05) is 18.2 Å². The minimum atomic E-state index is -0.656. The zero-order valence-corrected chi connectivity index (χ0v) is 18.0. The number of nitrogens with zero attached hydrogens (tertiary/aromatic N) is 4. The molecule has 7 nitrogen and oxygen atoms in total. The fourth-order valence-corrected chi connectivity index (χ4v) is 4.94. The number of fused-ring (bicyclic) bond motifs is 3. The smallest absolute Gasteiger partial charge is 0.276 e. The zero-order valence-electron chi connectivity index (χ0n) is 17.1. The molecule has 1 aliphatic heterocycles. The molecule has 0 radical (unpaired) electrons. The Kier molecular flexibility index (Phi) is 5.67. The van der Waals surface area contributed by atoms with E-state index in [1.807, 2.05) is 31.2 Å². The van der Waals surface area contributed by atoms with Gasteiger partial charge in [-0.3, -0.25) is 14.5 Å². The van der Waals surface area contributed by atoms with Gasteiger partial charge >= 0.3 is 0 Å². The summed E-state index contributed by atoms with van der Waals surface area (Å²) in [7, 11) is 2.13. The summed E-state index contributed by atoms with van der Waals surface area (Å²) in [6.07, 6.45) is 0. The number of amides is 1. The molecule has 0 aliphatic carbocycles. The normalized spacial score (nSPS) is 17.1. The van der Waals surface area contributed by atoms with Gasteiger partial charge in [-0.2, -0.15) is 5.10 Å². The van der Waals surface area contributed by atoms with Crippen molar-refractivity contribution in [2.24, 2.45) is 0 Å². The molecule has 1 atom stereocenters. The van der Waals surface area contributed by atoms with Crippen molar-refractivity contribution in [3.8, 4) is 0 Å². The molecule has 1 aliphatic rings. The topological polar surface area (TPSA) is 70.5 Å². The van der Waals surface area contributed by atoms with Gasteiger partial charge in [-0.15, -0.1) is 11.3 Å². The number of carbonyl (C=O) groups excluding carboxylic acids is 1. The van der Waals surface area contributed by atoms with Gasteiger partial charge < -0.3 is 10.2 Å². The van der Waals surface area contributed by atoms with Gasteiger partial charge in [0.25, 0.3) is 5.56 Å². The highest BCUT2D eigenvalue weighted by molar-refractivity contribution is 7.26. The van der Waals surface area contributed by atoms with Crippen molar-refractivity contribution in [1.29, 1.82) is 0 Å². The second kappa shape index (κ2) is 8.22. The molecule has 2 aromatic heterocycles. The molecule has 1 N–H and O–H groups in total. The molecule has 0 saturated carbocycles. The number of aromatic nitrogens is 2. The van der Waals surface area contributed by atoms with Crippen LogP contribution in [0.5, 0.6) is 0 Å². The van der Waals surface area contributed by atoms with Crippen LogP contribution < -0.4 is 10.9 Å². The van der Waals surface area contributed by atoms with E-state index in [9.17, 15) is 9.59 Å². The molecule has 4 rings (SSSR count). The molecule has 154 valence electrons. The van der Waals surface area contributed by atoms with Crippen molar-refractivity contribution >= 4 is 37.4 Å². The van der Waals surface area contributed by atoms with E-state index in [1.165, 1.54) is 4.68 Å². The third kappa shape index (κ3) is 3.92. The minimum absolute atomic E-state index is 0.174. The van der Waals surface area contributed by atoms with Gasteiger partial charge in [0.05, 0.1) is 15.8 Å². The summed E-state index contributed by atoms with van der Waals surface area (Å²) >= 11 is 1.58. The molecule has 1 amide bonds. The van der Waals surface area contributed by atoms with Crippen LogP contribution in [0.2, 0.25) is 0 Å². The van der Waals surface area contributed by atoms with Gasteiger partial charge in [-0.05, 0) is 27.0 Å². The lowest BCUT2D eigenvalue weighted by Crippen LogP contribution is -2.47. The third-order valence-corrected chi connectivity index (χ3v) is 6.95. The quantitative estimate of drug-likeness (QED) is 0.691. The summed E-state index contributed by atoms with van der Waals surface area (Å²) in [5.41, 5.74) is 0.572. The number of hydrogen-bond acceptors (Lipinski definition) is 6. The molecule has 0 spiro atoms. The second-order valence-corrected chi connectivity index (χ2v) is 8.80. The Labute approximate surface area is 173 Å². The van der Waals surface area contributed by atoms with E-state index >= 15 is 0 Å². The largest absolute Gasteiger partial charge is 0.353 e. The molecule has 8 heteroatoms. The highest BCUT2D eigenvalue weighted by atomic mass is 32.1. The fourth-order valence-electron chi connectivity index (χ4n) is 3.81. The molecule has 3 aromatic rings. The van der Waals surface area contributed by atoms with Crippen molar-refractivity contribution in [1.82, 2.24) is 24.9 Å². The number of thiophene rings is 1. The van der Waals surface area contributed by atoms with Crippen LogP contribution in [0.1, 0.15) is 18.7 Å². The molecular formula is C21H27N5O2S. The molecule has 1 unspecified atom stereocenters. The third-order valence-electron chi connectivity index (χ3n) is 5.67. The minimum Gasteiger partial charge on any atom is -0.353 e. The van der Waals surface area contributed by atoms with Crippen molar-refractivity contribution in [3.63, 3.8) is 0 Å². The maximum Gasteiger partial charge on any atom is 0.276 e. The highest BCUT2D eigenvalue weighted by Gasteiger charge is 2.22. The fraction of sp³-hybridized carbons (Fsp3) is 0.476. The second-order valence-electron chi connectivity index (χ2n) is 7.75. The van der Waals surface area contributed by atoms with Gasteiger partial charge in [0.15, 0.2) is 0 Å². The van der Waals surface area contributed by atoms with Gasteiger partial charge in [0, 0.05) is 49.4 Å². The Bertz CT molecular complexity index is 1100. The predicted molar refractivity (Wildman–Crippen MR) is 118 cm³/mol. The Balaban J connectivity index is 1.51. The first kappa shape index (κ1) is 20.0. The van der Waals surface area contributed by atoms with E-state index in [4.69, 9.17) is 0 Å². The van der Waals surface area contributed by atoms with E-state index in [1.54, 1.807) is 18.3 Å². The Hall–Kier alpha value is -2.29. The van der Waals surface area contributed by atoms with Crippen LogP contribution in [0, 0.1) is 6.92 Å². The first-order chi connectivity index (χ1) is 14.0. The average molecular weight is 414 g/mol. The summed E-state index contributed by atoms with van der Waals surface area (Å²) in [5, 5.41) is 9.03. The van der Waals surface area contributed by atoms with Crippen molar-refractivity contribution in [3.05, 3.63) is 40.3 Å². The summed E-state index contributed by atoms with van der Waals surface area (Å²) in [4.78, 5) is 30.5. The molecule has 1 aromatic carbocycles. The van der Waals surface area contributed by atoms with Gasteiger partial charge in [-0.25, -0.2) is 4.68 Å². The first-order valence-corrected chi connectivity index (χ1v) is 10.9. The molecule has 0 bridgehead atoms. The van der Waals surface area contributed by atoms with Crippen LogP contribution in [-0.4, -0.2) is 71.8 Å². The van der Waals surface area contributed by atoms with E-state index in [-0.39, 0.29) is 11.5 Å². The highest BCUT2D eigenvalue weighted by Crippen LogP contribution is 2.32. The Morgan fingerprint density at radius 3 is 2.72 bits per heavy atom. The van der Waals surface area contributed by atoms with E-state index < -0.39 is 6.04 Å². The molecule has 29 heavy (non-hydrogen) atoms. The van der Waals surface area contributed by atoms with Crippen LogP contribution in [-0.2, 0) is 4.79 Å². The zero-order chi connectivity index (χ0) is 20.5. The Morgan fingerprint density at radius 1 is 1.24 bits per heavy atom. The molecular weight excluding hydrogens is 386 g/mol. The number of hydrogen-bond donors (Lipinski definition) is 1. The number of benzene rings is 1. The lowest BCUT2D eigenvalue weighted by molar-refractivity contribution is -0.124. The first-order valence-electron chi connectivity index (χ1n) is 10.0. The standard InChI is InChI=1S/C21H27N5O2S/c1-14-19-18(16-6-4-5-7-17(16)29-19)21(28)26(23-14)15(2)20(27)22-8-9-25-12-10-24(3)11-13-25/h4-7,15H,8-13H2,1-3H3,(H,22,27). The van der Waals surface area contributed by atoms with E-state index in [0.717, 1.165) is 53.2 Å². The monoisotopic (exact) mass is 413 g/mol.